The van der Waals surface area contributed by atoms with Crippen LogP contribution in [0.3, 0.4) is 0 Å². The zero-order valence-electron chi connectivity index (χ0n) is 12.9. The molecule has 0 radical (unpaired) electrons. The summed E-state index contributed by atoms with van der Waals surface area (Å²) in [7, 11) is -7.10. The Morgan fingerprint density at radius 3 is 1.81 bits per heavy atom. The Morgan fingerprint density at radius 2 is 1.48 bits per heavy atom. The van der Waals surface area contributed by atoms with E-state index in [1.165, 1.54) is 18.2 Å². The number of rotatable bonds is 5. The van der Waals surface area contributed by atoms with Crippen molar-refractivity contribution in [2.75, 3.05) is 12.5 Å². The van der Waals surface area contributed by atoms with Gasteiger partial charge < -0.3 is 5.11 Å². The molecule has 0 aliphatic carbocycles. The zero-order chi connectivity index (χ0) is 16.6. The first kappa shape index (κ1) is 18.1. The molecule has 2 unspecified atom stereocenters. The lowest BCUT2D eigenvalue weighted by atomic mass is 9.84. The highest BCUT2D eigenvalue weighted by Crippen LogP contribution is 2.34. The molecule has 0 fully saturated rings. The zero-order valence-corrected chi connectivity index (χ0v) is 14.5. The molecule has 0 heterocycles. The number of aliphatic hydroxyl groups is 1. The Morgan fingerprint density at radius 1 is 0.952 bits per heavy atom. The lowest BCUT2D eigenvalue weighted by molar-refractivity contribution is 0.139. The highest BCUT2D eigenvalue weighted by molar-refractivity contribution is 7.91. The van der Waals surface area contributed by atoms with E-state index in [1.807, 2.05) is 13.8 Å². The van der Waals surface area contributed by atoms with Gasteiger partial charge in [-0.1, -0.05) is 19.9 Å². The molecule has 1 rings (SSSR count). The summed E-state index contributed by atoms with van der Waals surface area (Å²) in [6.07, 6.45) is 1.33. The molecule has 0 saturated heterocycles. The number of benzene rings is 1. The maximum absolute atomic E-state index is 12.0. The normalized spacial score (nSPS) is 16.0. The SMILES string of the molecule is CC(C)C(c1ccc(S(C)(=O)=O)cc1S(C)(=O)=O)C(C)O. The van der Waals surface area contributed by atoms with Crippen molar-refractivity contribution >= 4 is 19.7 Å². The minimum atomic E-state index is -3.60. The van der Waals surface area contributed by atoms with Crippen LogP contribution in [0, 0.1) is 5.92 Å². The predicted octanol–water partition coefficient (Wildman–Crippen LogP) is 1.61. The molecule has 2 atom stereocenters. The molecule has 0 aromatic heterocycles. The maximum Gasteiger partial charge on any atom is 0.175 e. The smallest absolute Gasteiger partial charge is 0.175 e. The van der Waals surface area contributed by atoms with Gasteiger partial charge in [-0.3, -0.25) is 0 Å². The van der Waals surface area contributed by atoms with E-state index in [2.05, 4.69) is 0 Å². The van der Waals surface area contributed by atoms with E-state index in [-0.39, 0.29) is 21.6 Å². The van der Waals surface area contributed by atoms with Crippen LogP contribution in [0.2, 0.25) is 0 Å². The third-order valence-corrected chi connectivity index (χ3v) is 5.67. The van der Waals surface area contributed by atoms with E-state index >= 15 is 0 Å². The molecule has 0 saturated carbocycles. The largest absolute Gasteiger partial charge is 0.393 e. The molecule has 0 aliphatic rings. The van der Waals surface area contributed by atoms with Crippen LogP contribution >= 0.6 is 0 Å². The quantitative estimate of drug-likeness (QED) is 0.884. The second-order valence-corrected chi connectivity index (χ2v) is 9.75. The minimum Gasteiger partial charge on any atom is -0.393 e. The van der Waals surface area contributed by atoms with Crippen molar-refractivity contribution in [2.45, 2.75) is 42.6 Å². The fourth-order valence-corrected chi connectivity index (χ4v) is 4.21. The Bertz CT molecular complexity index is 708. The average molecular weight is 334 g/mol. The summed E-state index contributed by atoms with van der Waals surface area (Å²) in [5, 5.41) is 9.94. The predicted molar refractivity (Wildman–Crippen MR) is 81.9 cm³/mol. The Hall–Kier alpha value is -0.920. The first-order valence-electron chi connectivity index (χ1n) is 6.58. The first-order chi connectivity index (χ1) is 9.35. The highest BCUT2D eigenvalue weighted by atomic mass is 32.2. The second kappa shape index (κ2) is 6.06. The summed E-state index contributed by atoms with van der Waals surface area (Å²) in [6, 6.07) is 4.05. The number of aliphatic hydroxyl groups excluding tert-OH is 1. The van der Waals surface area contributed by atoms with E-state index in [9.17, 15) is 21.9 Å². The van der Waals surface area contributed by atoms with Crippen molar-refractivity contribution in [1.82, 2.24) is 0 Å². The summed E-state index contributed by atoms with van der Waals surface area (Å²) in [4.78, 5) is -0.0789. The van der Waals surface area contributed by atoms with Crippen LogP contribution < -0.4 is 0 Å². The Balaban J connectivity index is 3.68. The lowest BCUT2D eigenvalue weighted by Gasteiger charge is -2.26. The molecule has 21 heavy (non-hydrogen) atoms. The molecule has 0 amide bonds. The van der Waals surface area contributed by atoms with Gasteiger partial charge in [0.2, 0.25) is 0 Å². The molecule has 7 heteroatoms. The lowest BCUT2D eigenvalue weighted by Crippen LogP contribution is -2.22. The van der Waals surface area contributed by atoms with E-state index in [1.54, 1.807) is 6.92 Å². The van der Waals surface area contributed by atoms with Crippen molar-refractivity contribution in [2.24, 2.45) is 5.92 Å². The van der Waals surface area contributed by atoms with Crippen molar-refractivity contribution in [3.63, 3.8) is 0 Å². The summed E-state index contributed by atoms with van der Waals surface area (Å²) in [5.41, 5.74) is 0.454. The van der Waals surface area contributed by atoms with E-state index < -0.39 is 25.8 Å². The molecule has 0 aliphatic heterocycles. The molecule has 1 aromatic rings. The molecule has 0 spiro atoms. The molecule has 5 nitrogen and oxygen atoms in total. The maximum atomic E-state index is 12.0. The van der Waals surface area contributed by atoms with Gasteiger partial charge >= 0.3 is 0 Å². The van der Waals surface area contributed by atoms with Crippen molar-refractivity contribution < 1.29 is 21.9 Å². The van der Waals surface area contributed by atoms with Gasteiger partial charge in [0.05, 0.1) is 15.9 Å². The number of hydrogen-bond acceptors (Lipinski definition) is 5. The highest BCUT2D eigenvalue weighted by Gasteiger charge is 2.28. The Kier molecular flexibility index (Phi) is 5.23. The summed E-state index contributed by atoms with van der Waals surface area (Å²) < 4.78 is 47.2. The summed E-state index contributed by atoms with van der Waals surface area (Å²) in [6.45, 7) is 5.36. The standard InChI is InChI=1S/C14H22O5S2/c1-9(2)14(10(3)15)12-7-6-11(20(4,16)17)8-13(12)21(5,18)19/h6-10,14-15H,1-5H3. The van der Waals surface area contributed by atoms with Gasteiger partial charge in [0.1, 0.15) is 0 Å². The number of hydrogen-bond donors (Lipinski definition) is 1. The van der Waals surface area contributed by atoms with Crippen molar-refractivity contribution in [1.29, 1.82) is 0 Å². The van der Waals surface area contributed by atoms with Gasteiger partial charge in [-0.15, -0.1) is 0 Å². The topological polar surface area (TPSA) is 88.5 Å². The molecule has 1 N–H and O–H groups in total. The van der Waals surface area contributed by atoms with Gasteiger partial charge in [-0.2, -0.15) is 0 Å². The van der Waals surface area contributed by atoms with Gasteiger partial charge in [0.15, 0.2) is 19.7 Å². The van der Waals surface area contributed by atoms with E-state index in [0.29, 0.717) is 5.56 Å². The van der Waals surface area contributed by atoms with Crippen LogP contribution in [0.25, 0.3) is 0 Å². The fourth-order valence-electron chi connectivity index (χ4n) is 2.52. The van der Waals surface area contributed by atoms with Crippen LogP contribution in [0.15, 0.2) is 28.0 Å². The molecular weight excluding hydrogens is 312 g/mol. The van der Waals surface area contributed by atoms with Gasteiger partial charge in [0, 0.05) is 18.4 Å². The van der Waals surface area contributed by atoms with E-state index in [4.69, 9.17) is 0 Å². The third-order valence-electron chi connectivity index (χ3n) is 3.41. The van der Waals surface area contributed by atoms with Crippen LogP contribution in [0.1, 0.15) is 32.3 Å². The second-order valence-electron chi connectivity index (χ2n) is 5.75. The fraction of sp³-hybridized carbons (Fsp3) is 0.571. The van der Waals surface area contributed by atoms with Gasteiger partial charge in [-0.25, -0.2) is 16.8 Å². The van der Waals surface area contributed by atoms with Gasteiger partial charge in [-0.05, 0) is 30.5 Å². The van der Waals surface area contributed by atoms with Crippen LogP contribution in [0.5, 0.6) is 0 Å². The van der Waals surface area contributed by atoms with E-state index in [0.717, 1.165) is 12.5 Å². The first-order valence-corrected chi connectivity index (χ1v) is 10.4. The molecular formula is C14H22O5S2. The number of sulfone groups is 2. The van der Waals surface area contributed by atoms with Crippen molar-refractivity contribution in [3.8, 4) is 0 Å². The summed E-state index contributed by atoms with van der Waals surface area (Å²) >= 11 is 0. The monoisotopic (exact) mass is 334 g/mol. The molecule has 0 bridgehead atoms. The minimum absolute atomic E-state index is 0.00887. The average Bonchev–Trinajstić information content (AvgIpc) is 2.25. The molecule has 120 valence electrons. The van der Waals surface area contributed by atoms with Crippen LogP contribution in [-0.2, 0) is 19.7 Å². The molecule has 1 aromatic carbocycles. The van der Waals surface area contributed by atoms with Crippen LogP contribution in [-0.4, -0.2) is 40.6 Å². The Labute approximate surface area is 126 Å². The van der Waals surface area contributed by atoms with Crippen molar-refractivity contribution in [3.05, 3.63) is 23.8 Å². The van der Waals surface area contributed by atoms with Gasteiger partial charge in [0.25, 0.3) is 0 Å². The van der Waals surface area contributed by atoms with Crippen LogP contribution in [0.4, 0.5) is 0 Å². The summed E-state index contributed by atoms with van der Waals surface area (Å²) in [5.74, 6) is -0.377. The third kappa shape index (κ3) is 4.28.